The van der Waals surface area contributed by atoms with Crippen molar-refractivity contribution in [2.24, 2.45) is 11.7 Å². The summed E-state index contributed by atoms with van der Waals surface area (Å²) in [6.45, 7) is 3.17. The molecule has 0 aromatic rings. The number of nitrogens with one attached hydrogen (secondary N) is 1. The molecular formula is C13H27N3O2. The maximum absolute atomic E-state index is 11.9. The van der Waals surface area contributed by atoms with E-state index < -0.39 is 0 Å². The number of hydrogen-bond acceptors (Lipinski definition) is 4. The molecule has 5 heteroatoms. The molecule has 0 bridgehead atoms. The zero-order valence-corrected chi connectivity index (χ0v) is 11.7. The molecule has 1 fully saturated rings. The number of nitrogens with zero attached hydrogens (tertiary/aromatic N) is 1. The van der Waals surface area contributed by atoms with Gasteiger partial charge in [-0.05, 0) is 26.3 Å². The quantitative estimate of drug-likeness (QED) is 0.683. The molecule has 1 saturated carbocycles. The van der Waals surface area contributed by atoms with Gasteiger partial charge in [-0.25, -0.2) is 0 Å². The number of carbonyl (C=O) groups is 1. The average Bonchev–Trinajstić information content (AvgIpc) is 2.36. The fourth-order valence-corrected chi connectivity index (χ4v) is 2.34. The van der Waals surface area contributed by atoms with Gasteiger partial charge in [0.05, 0.1) is 6.61 Å². The lowest BCUT2D eigenvalue weighted by Gasteiger charge is -2.26. The van der Waals surface area contributed by atoms with Crippen LogP contribution in [0.5, 0.6) is 0 Å². The van der Waals surface area contributed by atoms with Crippen molar-refractivity contribution in [2.75, 3.05) is 40.4 Å². The first kappa shape index (κ1) is 15.4. The fraction of sp³-hybridized carbons (Fsp3) is 0.923. The van der Waals surface area contributed by atoms with Gasteiger partial charge in [-0.15, -0.1) is 0 Å². The number of hydrogen-bond donors (Lipinski definition) is 2. The van der Waals surface area contributed by atoms with Crippen molar-refractivity contribution in [3.05, 3.63) is 0 Å². The third-order valence-corrected chi connectivity index (χ3v) is 3.56. The van der Waals surface area contributed by atoms with E-state index in [-0.39, 0.29) is 17.9 Å². The lowest BCUT2D eigenvalue weighted by atomic mass is 9.85. The van der Waals surface area contributed by atoms with E-state index in [1.54, 1.807) is 7.11 Å². The summed E-state index contributed by atoms with van der Waals surface area (Å²) < 4.78 is 5.00. The molecule has 0 saturated heterocycles. The molecule has 0 radical (unpaired) electrons. The van der Waals surface area contributed by atoms with Crippen LogP contribution in [0.2, 0.25) is 0 Å². The molecule has 2 atom stereocenters. The Kier molecular flexibility index (Phi) is 7.23. The molecule has 106 valence electrons. The molecule has 0 aliphatic heterocycles. The van der Waals surface area contributed by atoms with Crippen LogP contribution >= 0.6 is 0 Å². The topological polar surface area (TPSA) is 67.6 Å². The molecule has 0 heterocycles. The Balaban J connectivity index is 2.12. The molecule has 5 nitrogen and oxygen atoms in total. The SMILES string of the molecule is COCCN(C)CCNC(=O)C1CCCC(N)C1. The van der Waals surface area contributed by atoms with Gasteiger partial charge in [0, 0.05) is 38.7 Å². The fourth-order valence-electron chi connectivity index (χ4n) is 2.34. The molecule has 3 N–H and O–H groups in total. The van der Waals surface area contributed by atoms with Crippen molar-refractivity contribution in [3.8, 4) is 0 Å². The second kappa shape index (κ2) is 8.45. The number of carbonyl (C=O) groups excluding carboxylic acids is 1. The summed E-state index contributed by atoms with van der Waals surface area (Å²) in [4.78, 5) is 14.1. The van der Waals surface area contributed by atoms with E-state index >= 15 is 0 Å². The molecule has 1 aliphatic carbocycles. The third kappa shape index (κ3) is 5.80. The first-order valence-corrected chi connectivity index (χ1v) is 6.84. The lowest BCUT2D eigenvalue weighted by Crippen LogP contribution is -2.40. The van der Waals surface area contributed by atoms with Gasteiger partial charge >= 0.3 is 0 Å². The highest BCUT2D eigenvalue weighted by molar-refractivity contribution is 5.78. The van der Waals surface area contributed by atoms with Crippen LogP contribution in [0, 0.1) is 5.92 Å². The first-order chi connectivity index (χ1) is 8.63. The maximum atomic E-state index is 11.9. The van der Waals surface area contributed by atoms with Gasteiger partial charge < -0.3 is 20.7 Å². The van der Waals surface area contributed by atoms with Crippen molar-refractivity contribution in [3.63, 3.8) is 0 Å². The standard InChI is InChI=1S/C13H27N3O2/c1-16(8-9-18-2)7-6-15-13(17)11-4-3-5-12(14)10-11/h11-12H,3-10,14H2,1-2H3,(H,15,17). The smallest absolute Gasteiger partial charge is 0.223 e. The van der Waals surface area contributed by atoms with E-state index in [9.17, 15) is 4.79 Å². The summed E-state index contributed by atoms with van der Waals surface area (Å²) in [5.41, 5.74) is 5.89. The summed E-state index contributed by atoms with van der Waals surface area (Å²) in [7, 11) is 3.73. The average molecular weight is 257 g/mol. The first-order valence-electron chi connectivity index (χ1n) is 6.84. The van der Waals surface area contributed by atoms with Gasteiger partial charge in [0.25, 0.3) is 0 Å². The highest BCUT2D eigenvalue weighted by atomic mass is 16.5. The normalized spacial score (nSPS) is 24.2. The van der Waals surface area contributed by atoms with Gasteiger partial charge in [-0.3, -0.25) is 4.79 Å². The van der Waals surface area contributed by atoms with Gasteiger partial charge in [0.2, 0.25) is 5.91 Å². The number of likely N-dealkylation sites (N-methyl/N-ethyl adjacent to an activating group) is 1. The summed E-state index contributed by atoms with van der Waals surface area (Å²) in [6.07, 6.45) is 3.96. The van der Waals surface area contributed by atoms with Crippen molar-refractivity contribution in [1.29, 1.82) is 0 Å². The highest BCUT2D eigenvalue weighted by Gasteiger charge is 2.24. The summed E-state index contributed by atoms with van der Waals surface area (Å²) in [5.74, 6) is 0.295. The Morgan fingerprint density at radius 1 is 1.44 bits per heavy atom. The largest absolute Gasteiger partial charge is 0.383 e. The van der Waals surface area contributed by atoms with E-state index in [4.69, 9.17) is 10.5 Å². The van der Waals surface area contributed by atoms with Crippen LogP contribution in [-0.4, -0.2) is 57.2 Å². The number of nitrogens with two attached hydrogens (primary N) is 1. The highest BCUT2D eigenvalue weighted by Crippen LogP contribution is 2.22. The minimum Gasteiger partial charge on any atom is -0.383 e. The molecule has 0 aromatic carbocycles. The van der Waals surface area contributed by atoms with Crippen LogP contribution < -0.4 is 11.1 Å². The summed E-state index contributed by atoms with van der Waals surface area (Å²) in [5, 5.41) is 3.00. The second-order valence-corrected chi connectivity index (χ2v) is 5.21. The van der Waals surface area contributed by atoms with Crippen molar-refractivity contribution < 1.29 is 9.53 Å². The number of amides is 1. The predicted octanol–water partition coefficient (Wildman–Crippen LogP) is 0.198. The molecule has 0 spiro atoms. The van der Waals surface area contributed by atoms with E-state index in [1.165, 1.54) is 0 Å². The minimum atomic E-state index is 0.123. The van der Waals surface area contributed by atoms with Crippen LogP contribution in [0.25, 0.3) is 0 Å². The second-order valence-electron chi connectivity index (χ2n) is 5.21. The molecule has 1 aliphatic rings. The summed E-state index contributed by atoms with van der Waals surface area (Å²) in [6, 6.07) is 0.207. The molecule has 2 unspecified atom stereocenters. The van der Waals surface area contributed by atoms with Crippen LogP contribution in [0.1, 0.15) is 25.7 Å². The molecule has 18 heavy (non-hydrogen) atoms. The third-order valence-electron chi connectivity index (χ3n) is 3.56. The van der Waals surface area contributed by atoms with E-state index in [0.717, 1.165) is 45.4 Å². The Bertz CT molecular complexity index is 248. The van der Waals surface area contributed by atoms with Crippen molar-refractivity contribution >= 4 is 5.91 Å². The Morgan fingerprint density at radius 3 is 2.89 bits per heavy atom. The number of methoxy groups -OCH3 is 1. The zero-order valence-electron chi connectivity index (χ0n) is 11.7. The van der Waals surface area contributed by atoms with Gasteiger partial charge in [0.1, 0.15) is 0 Å². The maximum Gasteiger partial charge on any atom is 0.223 e. The molecule has 0 aromatic heterocycles. The van der Waals surface area contributed by atoms with Gasteiger partial charge in [-0.1, -0.05) is 6.42 Å². The lowest BCUT2D eigenvalue weighted by molar-refractivity contribution is -0.126. The molecule has 1 amide bonds. The predicted molar refractivity (Wildman–Crippen MR) is 72.3 cm³/mol. The van der Waals surface area contributed by atoms with E-state index in [2.05, 4.69) is 10.2 Å². The number of rotatable bonds is 7. The van der Waals surface area contributed by atoms with Gasteiger partial charge in [-0.2, -0.15) is 0 Å². The van der Waals surface area contributed by atoms with E-state index in [0.29, 0.717) is 6.54 Å². The Hall–Kier alpha value is -0.650. The van der Waals surface area contributed by atoms with Crippen molar-refractivity contribution in [1.82, 2.24) is 10.2 Å². The Morgan fingerprint density at radius 2 is 2.22 bits per heavy atom. The minimum absolute atomic E-state index is 0.123. The zero-order chi connectivity index (χ0) is 13.4. The van der Waals surface area contributed by atoms with Gasteiger partial charge in [0.15, 0.2) is 0 Å². The van der Waals surface area contributed by atoms with E-state index in [1.807, 2.05) is 7.05 Å². The number of ether oxygens (including phenoxy) is 1. The molecule has 1 rings (SSSR count). The monoisotopic (exact) mass is 257 g/mol. The van der Waals surface area contributed by atoms with Crippen molar-refractivity contribution in [2.45, 2.75) is 31.7 Å². The Labute approximate surface area is 110 Å². The summed E-state index contributed by atoms with van der Waals surface area (Å²) >= 11 is 0. The van der Waals surface area contributed by atoms with Crippen LogP contribution in [0.4, 0.5) is 0 Å². The van der Waals surface area contributed by atoms with Crippen LogP contribution in [-0.2, 0) is 9.53 Å². The van der Waals surface area contributed by atoms with Crippen LogP contribution in [0.3, 0.4) is 0 Å². The van der Waals surface area contributed by atoms with Crippen LogP contribution in [0.15, 0.2) is 0 Å². The molecular weight excluding hydrogens is 230 g/mol.